The highest BCUT2D eigenvalue weighted by Gasteiger charge is 2.24. The summed E-state index contributed by atoms with van der Waals surface area (Å²) in [6.45, 7) is 0.000968. The Kier molecular flexibility index (Phi) is 3.13. The van der Waals surface area contributed by atoms with Gasteiger partial charge in [0.1, 0.15) is 6.54 Å². The van der Waals surface area contributed by atoms with Crippen LogP contribution in [0.5, 0.6) is 0 Å². The number of fused-ring (bicyclic) bond motifs is 1. The monoisotopic (exact) mass is 273 g/mol. The predicted molar refractivity (Wildman–Crippen MR) is 65.9 cm³/mol. The summed E-state index contributed by atoms with van der Waals surface area (Å²) in [7, 11) is 0. The second kappa shape index (κ2) is 4.43. The lowest BCUT2D eigenvalue weighted by atomic mass is 10.1. The molecule has 90 valence electrons. The first-order valence-corrected chi connectivity index (χ1v) is 5.54. The number of nitrogens with zero attached hydrogens (tertiary/aromatic N) is 1. The number of halogens is 2. The topological polar surface area (TPSA) is 76.4 Å². The Balaban J connectivity index is 2.35. The maximum absolute atomic E-state index is 10.7. The quantitative estimate of drug-likeness (QED) is 0.773. The van der Waals surface area contributed by atoms with Crippen LogP contribution in [0.4, 0.5) is 5.69 Å². The molecule has 2 rings (SSSR count). The van der Waals surface area contributed by atoms with Crippen molar-refractivity contribution in [3.63, 3.8) is 0 Å². The Hall–Kier alpha value is -1.46. The lowest BCUT2D eigenvalue weighted by molar-refractivity contribution is -0.137. The average molecular weight is 274 g/mol. The first-order chi connectivity index (χ1) is 7.99. The zero-order chi connectivity index (χ0) is 12.6. The number of carboxylic acid groups (broad SMARTS) is 1. The van der Waals surface area contributed by atoms with Gasteiger partial charge in [0, 0.05) is 11.3 Å². The standard InChI is InChI=1S/C10H9Cl2N3O2/c11-6-1-2-7-5(9(6)12)3-15(4-8(16)17)10(13)14-7/h1-2H,3-4H2,(H2,13,14)(H,16,17). The molecule has 0 spiro atoms. The van der Waals surface area contributed by atoms with E-state index in [1.165, 1.54) is 4.90 Å². The number of carboxylic acids is 1. The molecule has 0 radical (unpaired) electrons. The Morgan fingerprint density at radius 1 is 1.53 bits per heavy atom. The lowest BCUT2D eigenvalue weighted by Gasteiger charge is -2.31. The molecule has 0 fully saturated rings. The van der Waals surface area contributed by atoms with Crippen LogP contribution in [0.2, 0.25) is 10.0 Å². The molecule has 7 heteroatoms. The highest BCUT2D eigenvalue weighted by Crippen LogP contribution is 2.34. The fourth-order valence-corrected chi connectivity index (χ4v) is 2.04. The van der Waals surface area contributed by atoms with Crippen molar-refractivity contribution in [3.8, 4) is 0 Å². The van der Waals surface area contributed by atoms with Gasteiger partial charge in [-0.25, -0.2) is 0 Å². The Morgan fingerprint density at radius 2 is 2.24 bits per heavy atom. The van der Waals surface area contributed by atoms with Crippen LogP contribution < -0.4 is 5.32 Å². The molecule has 1 heterocycles. The number of carbonyl (C=O) groups is 1. The van der Waals surface area contributed by atoms with Crippen LogP contribution in [0.25, 0.3) is 0 Å². The maximum atomic E-state index is 10.7. The van der Waals surface area contributed by atoms with Crippen molar-refractivity contribution in [2.75, 3.05) is 11.9 Å². The van der Waals surface area contributed by atoms with Crippen molar-refractivity contribution in [3.05, 3.63) is 27.7 Å². The number of aliphatic carboxylic acids is 1. The van der Waals surface area contributed by atoms with Gasteiger partial charge in [-0.2, -0.15) is 0 Å². The molecule has 1 aliphatic rings. The van der Waals surface area contributed by atoms with Gasteiger partial charge in [0.05, 0.1) is 16.6 Å². The third-order valence-corrected chi connectivity index (χ3v) is 3.28. The molecule has 0 bridgehead atoms. The number of benzene rings is 1. The summed E-state index contributed by atoms with van der Waals surface area (Å²) >= 11 is 11.9. The summed E-state index contributed by atoms with van der Waals surface area (Å²) in [5, 5.41) is 20.0. The molecule has 0 aromatic heterocycles. The maximum Gasteiger partial charge on any atom is 0.323 e. The molecule has 0 amide bonds. The molecule has 3 N–H and O–H groups in total. The van der Waals surface area contributed by atoms with Gasteiger partial charge in [0.15, 0.2) is 5.96 Å². The normalized spacial score (nSPS) is 14.2. The van der Waals surface area contributed by atoms with Gasteiger partial charge in [0.2, 0.25) is 0 Å². The molecule has 0 unspecified atom stereocenters. The number of anilines is 1. The van der Waals surface area contributed by atoms with Crippen molar-refractivity contribution in [2.24, 2.45) is 0 Å². The minimum Gasteiger partial charge on any atom is -0.480 e. The average Bonchev–Trinajstić information content (AvgIpc) is 2.25. The van der Waals surface area contributed by atoms with Crippen LogP contribution in [0.1, 0.15) is 5.56 Å². The zero-order valence-corrected chi connectivity index (χ0v) is 10.1. The summed E-state index contributed by atoms with van der Waals surface area (Å²) in [6, 6.07) is 3.35. The summed E-state index contributed by atoms with van der Waals surface area (Å²) < 4.78 is 0. The van der Waals surface area contributed by atoms with Crippen LogP contribution in [0, 0.1) is 5.41 Å². The van der Waals surface area contributed by atoms with Crippen LogP contribution in [-0.2, 0) is 11.3 Å². The van der Waals surface area contributed by atoms with Crippen LogP contribution >= 0.6 is 23.2 Å². The molecule has 0 atom stereocenters. The highest BCUT2D eigenvalue weighted by molar-refractivity contribution is 6.42. The smallest absolute Gasteiger partial charge is 0.323 e. The van der Waals surface area contributed by atoms with E-state index in [2.05, 4.69) is 5.32 Å². The molecule has 17 heavy (non-hydrogen) atoms. The van der Waals surface area contributed by atoms with Crippen molar-refractivity contribution in [2.45, 2.75) is 6.54 Å². The molecule has 0 saturated carbocycles. The van der Waals surface area contributed by atoms with E-state index in [0.29, 0.717) is 21.3 Å². The van der Waals surface area contributed by atoms with Gasteiger partial charge < -0.3 is 15.3 Å². The van der Waals surface area contributed by atoms with Gasteiger partial charge in [-0.15, -0.1) is 0 Å². The van der Waals surface area contributed by atoms with Crippen LogP contribution in [0.3, 0.4) is 0 Å². The van der Waals surface area contributed by atoms with Crippen molar-refractivity contribution in [1.29, 1.82) is 5.41 Å². The van der Waals surface area contributed by atoms with Crippen molar-refractivity contribution < 1.29 is 9.90 Å². The summed E-state index contributed by atoms with van der Waals surface area (Å²) in [4.78, 5) is 12.0. The first-order valence-electron chi connectivity index (χ1n) is 4.78. The minimum atomic E-state index is -1.00. The van der Waals surface area contributed by atoms with Gasteiger partial charge >= 0.3 is 5.97 Å². The van der Waals surface area contributed by atoms with E-state index in [1.54, 1.807) is 12.1 Å². The molecule has 0 aliphatic carbocycles. The number of guanidine groups is 1. The van der Waals surface area contributed by atoms with Crippen LogP contribution in [0.15, 0.2) is 12.1 Å². The Labute approximate surface area is 107 Å². The zero-order valence-electron chi connectivity index (χ0n) is 8.63. The SMILES string of the molecule is N=C1Nc2ccc(Cl)c(Cl)c2CN1CC(=O)O. The van der Waals surface area contributed by atoms with E-state index in [-0.39, 0.29) is 19.0 Å². The number of rotatable bonds is 2. The number of nitrogens with one attached hydrogen (secondary N) is 2. The molecular formula is C10H9Cl2N3O2. The molecule has 0 saturated heterocycles. The first kappa shape index (κ1) is 12.0. The number of hydrogen-bond acceptors (Lipinski definition) is 2. The van der Waals surface area contributed by atoms with E-state index < -0.39 is 5.97 Å². The van der Waals surface area contributed by atoms with Gasteiger partial charge in [-0.1, -0.05) is 23.2 Å². The van der Waals surface area contributed by atoms with Gasteiger partial charge in [-0.3, -0.25) is 10.2 Å². The largest absolute Gasteiger partial charge is 0.480 e. The summed E-state index contributed by atoms with van der Waals surface area (Å²) in [5.74, 6) is -0.962. The van der Waals surface area contributed by atoms with Crippen molar-refractivity contribution >= 4 is 40.8 Å². The van der Waals surface area contributed by atoms with E-state index in [0.717, 1.165) is 0 Å². The second-order valence-corrected chi connectivity index (χ2v) is 4.40. The lowest BCUT2D eigenvalue weighted by Crippen LogP contribution is -2.42. The number of hydrogen-bond donors (Lipinski definition) is 3. The van der Waals surface area contributed by atoms with Gasteiger partial charge in [-0.05, 0) is 12.1 Å². The Morgan fingerprint density at radius 3 is 2.88 bits per heavy atom. The molecular weight excluding hydrogens is 265 g/mol. The van der Waals surface area contributed by atoms with E-state index in [4.69, 9.17) is 33.7 Å². The molecule has 1 aromatic rings. The summed E-state index contributed by atoms with van der Waals surface area (Å²) in [6.07, 6.45) is 0. The molecule has 1 aliphatic heterocycles. The predicted octanol–water partition coefficient (Wildman–Crippen LogP) is 2.24. The van der Waals surface area contributed by atoms with E-state index in [9.17, 15) is 4.79 Å². The third-order valence-electron chi connectivity index (χ3n) is 2.44. The fourth-order valence-electron chi connectivity index (χ4n) is 1.64. The summed E-state index contributed by atoms with van der Waals surface area (Å²) in [5.41, 5.74) is 1.39. The van der Waals surface area contributed by atoms with E-state index in [1.807, 2.05) is 0 Å². The minimum absolute atomic E-state index is 0.0401. The van der Waals surface area contributed by atoms with E-state index >= 15 is 0 Å². The molecule has 5 nitrogen and oxygen atoms in total. The molecule has 1 aromatic carbocycles. The highest BCUT2D eigenvalue weighted by atomic mass is 35.5. The van der Waals surface area contributed by atoms with Crippen LogP contribution in [-0.4, -0.2) is 28.5 Å². The second-order valence-electron chi connectivity index (χ2n) is 3.61. The van der Waals surface area contributed by atoms with Crippen molar-refractivity contribution in [1.82, 2.24) is 4.90 Å². The fraction of sp³-hybridized carbons (Fsp3) is 0.200. The Bertz CT molecular complexity index is 505. The van der Waals surface area contributed by atoms with Gasteiger partial charge in [0.25, 0.3) is 0 Å². The third kappa shape index (κ3) is 2.30.